The van der Waals surface area contributed by atoms with E-state index in [4.69, 9.17) is 9.47 Å². The van der Waals surface area contributed by atoms with E-state index in [1.54, 1.807) is 26.2 Å². The molecule has 0 aliphatic carbocycles. The molecule has 0 saturated carbocycles. The highest BCUT2D eigenvalue weighted by atomic mass is 16.5. The van der Waals surface area contributed by atoms with Crippen LogP contribution in [-0.4, -0.2) is 42.0 Å². The smallest absolute Gasteiger partial charge is 0.223 e. The zero-order valence-corrected chi connectivity index (χ0v) is 15.3. The molecular weight excluding hydrogens is 330 g/mol. The second-order valence-electron chi connectivity index (χ2n) is 6.14. The number of aromatic nitrogens is 2. The van der Waals surface area contributed by atoms with Gasteiger partial charge < -0.3 is 19.4 Å². The van der Waals surface area contributed by atoms with Crippen molar-refractivity contribution < 1.29 is 14.3 Å². The SMILES string of the molecule is COc1ccc(CN(C)C(=O)CCc2nc3ccccc3[nH]2)cc1OC. The fourth-order valence-corrected chi connectivity index (χ4v) is 2.88. The van der Waals surface area contributed by atoms with Gasteiger partial charge in [-0.15, -0.1) is 0 Å². The van der Waals surface area contributed by atoms with Gasteiger partial charge in [0.15, 0.2) is 11.5 Å². The Labute approximate surface area is 152 Å². The van der Waals surface area contributed by atoms with Crippen molar-refractivity contribution in [2.45, 2.75) is 19.4 Å². The molecule has 1 heterocycles. The number of H-pyrrole nitrogens is 1. The Bertz CT molecular complexity index is 871. The number of para-hydroxylation sites is 2. The van der Waals surface area contributed by atoms with Gasteiger partial charge in [0.1, 0.15) is 5.82 Å². The van der Waals surface area contributed by atoms with Crippen molar-refractivity contribution >= 4 is 16.9 Å². The molecule has 2 aromatic carbocycles. The number of methoxy groups -OCH3 is 2. The molecule has 0 saturated heterocycles. The lowest BCUT2D eigenvalue weighted by Gasteiger charge is -2.18. The average Bonchev–Trinajstić information content (AvgIpc) is 3.08. The van der Waals surface area contributed by atoms with Crippen LogP contribution in [0.5, 0.6) is 11.5 Å². The summed E-state index contributed by atoms with van der Waals surface area (Å²) in [6, 6.07) is 13.5. The fourth-order valence-electron chi connectivity index (χ4n) is 2.88. The molecule has 6 nitrogen and oxygen atoms in total. The molecule has 0 radical (unpaired) electrons. The molecule has 1 N–H and O–H groups in total. The van der Waals surface area contributed by atoms with Gasteiger partial charge in [-0.2, -0.15) is 0 Å². The molecule has 6 heteroatoms. The molecular formula is C20H23N3O3. The lowest BCUT2D eigenvalue weighted by Crippen LogP contribution is -2.26. The summed E-state index contributed by atoms with van der Waals surface area (Å²) in [5, 5.41) is 0. The Balaban J connectivity index is 1.59. The summed E-state index contributed by atoms with van der Waals surface area (Å²) in [6.45, 7) is 0.513. The topological polar surface area (TPSA) is 67.5 Å². The summed E-state index contributed by atoms with van der Waals surface area (Å²) in [6.07, 6.45) is 0.993. The van der Waals surface area contributed by atoms with E-state index < -0.39 is 0 Å². The number of carbonyl (C=O) groups excluding carboxylic acids is 1. The number of fused-ring (bicyclic) bond motifs is 1. The number of aryl methyl sites for hydroxylation is 1. The van der Waals surface area contributed by atoms with Crippen molar-refractivity contribution in [3.05, 3.63) is 53.9 Å². The summed E-state index contributed by atoms with van der Waals surface area (Å²) < 4.78 is 10.6. The molecule has 3 aromatic rings. The van der Waals surface area contributed by atoms with Crippen LogP contribution in [0.4, 0.5) is 0 Å². The summed E-state index contributed by atoms with van der Waals surface area (Å²) in [7, 11) is 5.01. The summed E-state index contributed by atoms with van der Waals surface area (Å²) in [5.74, 6) is 2.24. The number of benzene rings is 2. The summed E-state index contributed by atoms with van der Waals surface area (Å²) >= 11 is 0. The molecule has 0 aliphatic rings. The molecule has 0 spiro atoms. The zero-order valence-electron chi connectivity index (χ0n) is 15.3. The Morgan fingerprint density at radius 2 is 1.88 bits per heavy atom. The first kappa shape index (κ1) is 17.8. The van der Waals surface area contributed by atoms with Crippen LogP contribution in [-0.2, 0) is 17.8 Å². The molecule has 0 aliphatic heterocycles. The van der Waals surface area contributed by atoms with E-state index in [-0.39, 0.29) is 5.91 Å². The van der Waals surface area contributed by atoms with Gasteiger partial charge >= 0.3 is 0 Å². The standard InChI is InChI=1S/C20H23N3O3/c1-23(13-14-8-9-17(25-2)18(12-14)26-3)20(24)11-10-19-21-15-6-4-5-7-16(15)22-19/h4-9,12H,10-11,13H2,1-3H3,(H,21,22). The van der Waals surface area contributed by atoms with Crippen molar-refractivity contribution in [1.82, 2.24) is 14.9 Å². The van der Waals surface area contributed by atoms with Gasteiger partial charge in [0.25, 0.3) is 0 Å². The zero-order chi connectivity index (χ0) is 18.5. The van der Waals surface area contributed by atoms with Gasteiger partial charge in [-0.1, -0.05) is 18.2 Å². The van der Waals surface area contributed by atoms with Crippen LogP contribution in [0.25, 0.3) is 11.0 Å². The normalized spacial score (nSPS) is 10.7. The van der Waals surface area contributed by atoms with E-state index in [9.17, 15) is 4.79 Å². The third kappa shape index (κ3) is 3.96. The van der Waals surface area contributed by atoms with Crippen molar-refractivity contribution in [3.63, 3.8) is 0 Å². The number of hydrogen-bond acceptors (Lipinski definition) is 4. The van der Waals surface area contributed by atoms with E-state index in [2.05, 4.69) is 9.97 Å². The lowest BCUT2D eigenvalue weighted by atomic mass is 10.1. The van der Waals surface area contributed by atoms with Crippen LogP contribution in [0, 0.1) is 0 Å². The van der Waals surface area contributed by atoms with E-state index in [1.807, 2.05) is 42.5 Å². The van der Waals surface area contributed by atoms with Crippen molar-refractivity contribution in [3.8, 4) is 11.5 Å². The maximum atomic E-state index is 12.4. The average molecular weight is 353 g/mol. The number of aromatic amines is 1. The Morgan fingerprint density at radius 1 is 1.12 bits per heavy atom. The van der Waals surface area contributed by atoms with Crippen LogP contribution in [0.3, 0.4) is 0 Å². The fraction of sp³-hybridized carbons (Fsp3) is 0.300. The quantitative estimate of drug-likeness (QED) is 0.708. The van der Waals surface area contributed by atoms with Crippen LogP contribution in [0.2, 0.25) is 0 Å². The Hall–Kier alpha value is -3.02. The highest BCUT2D eigenvalue weighted by Gasteiger charge is 2.13. The van der Waals surface area contributed by atoms with E-state index >= 15 is 0 Å². The van der Waals surface area contributed by atoms with Gasteiger partial charge in [-0.3, -0.25) is 4.79 Å². The highest BCUT2D eigenvalue weighted by molar-refractivity contribution is 5.77. The second-order valence-corrected chi connectivity index (χ2v) is 6.14. The van der Waals surface area contributed by atoms with E-state index in [0.717, 1.165) is 22.4 Å². The van der Waals surface area contributed by atoms with E-state index in [1.165, 1.54) is 0 Å². The summed E-state index contributed by atoms with van der Waals surface area (Å²) in [5.41, 5.74) is 2.91. The molecule has 0 atom stereocenters. The molecule has 0 fully saturated rings. The third-order valence-electron chi connectivity index (χ3n) is 4.31. The Morgan fingerprint density at radius 3 is 2.62 bits per heavy atom. The summed E-state index contributed by atoms with van der Waals surface area (Å²) in [4.78, 5) is 21.9. The highest BCUT2D eigenvalue weighted by Crippen LogP contribution is 2.28. The first-order valence-corrected chi connectivity index (χ1v) is 8.49. The van der Waals surface area contributed by atoms with Gasteiger partial charge in [0, 0.05) is 26.4 Å². The Kier molecular flexibility index (Phi) is 5.41. The van der Waals surface area contributed by atoms with Crippen LogP contribution >= 0.6 is 0 Å². The minimum absolute atomic E-state index is 0.0697. The molecule has 1 aromatic heterocycles. The van der Waals surface area contributed by atoms with Gasteiger partial charge in [0.2, 0.25) is 5.91 Å². The van der Waals surface area contributed by atoms with Gasteiger partial charge in [0.05, 0.1) is 25.3 Å². The van der Waals surface area contributed by atoms with Crippen molar-refractivity contribution in [2.24, 2.45) is 0 Å². The van der Waals surface area contributed by atoms with Gasteiger partial charge in [-0.25, -0.2) is 4.98 Å². The molecule has 1 amide bonds. The molecule has 136 valence electrons. The molecule has 0 unspecified atom stereocenters. The minimum atomic E-state index is 0.0697. The predicted molar refractivity (Wildman–Crippen MR) is 100 cm³/mol. The first-order chi connectivity index (χ1) is 12.6. The maximum absolute atomic E-state index is 12.4. The first-order valence-electron chi connectivity index (χ1n) is 8.49. The van der Waals surface area contributed by atoms with Crippen molar-refractivity contribution in [1.29, 1.82) is 0 Å². The van der Waals surface area contributed by atoms with Crippen LogP contribution < -0.4 is 9.47 Å². The molecule has 3 rings (SSSR count). The number of rotatable bonds is 7. The van der Waals surface area contributed by atoms with Crippen LogP contribution in [0.1, 0.15) is 17.8 Å². The molecule has 0 bridgehead atoms. The predicted octanol–water partition coefficient (Wildman–Crippen LogP) is 3.17. The number of carbonyl (C=O) groups is 1. The number of nitrogens with zero attached hydrogens (tertiary/aromatic N) is 2. The number of nitrogens with one attached hydrogen (secondary N) is 1. The molecule has 26 heavy (non-hydrogen) atoms. The third-order valence-corrected chi connectivity index (χ3v) is 4.31. The van der Waals surface area contributed by atoms with Crippen molar-refractivity contribution in [2.75, 3.05) is 21.3 Å². The van der Waals surface area contributed by atoms with Crippen LogP contribution in [0.15, 0.2) is 42.5 Å². The number of imidazole rings is 1. The second kappa shape index (κ2) is 7.91. The monoisotopic (exact) mass is 353 g/mol. The maximum Gasteiger partial charge on any atom is 0.223 e. The number of amides is 1. The lowest BCUT2D eigenvalue weighted by molar-refractivity contribution is -0.130. The largest absolute Gasteiger partial charge is 0.493 e. The van der Waals surface area contributed by atoms with E-state index in [0.29, 0.717) is 30.9 Å². The minimum Gasteiger partial charge on any atom is -0.493 e. The number of hydrogen-bond donors (Lipinski definition) is 1. The number of ether oxygens (including phenoxy) is 2. The van der Waals surface area contributed by atoms with Gasteiger partial charge in [-0.05, 0) is 29.8 Å².